The van der Waals surface area contributed by atoms with Gasteiger partial charge in [-0.3, -0.25) is 4.99 Å². The molecule has 7 heteroatoms. The van der Waals surface area contributed by atoms with Gasteiger partial charge in [-0.15, -0.1) is 0 Å². The zero-order valence-corrected chi connectivity index (χ0v) is 15.1. The Labute approximate surface area is 148 Å². The summed E-state index contributed by atoms with van der Waals surface area (Å²) >= 11 is 0. The second kappa shape index (κ2) is 8.00. The fraction of sp³-hybridized carbons (Fsp3) is 0.500. The number of nitrogens with zero attached hydrogens (tertiary/aromatic N) is 4. The normalized spacial score (nSPS) is 18.4. The second-order valence-corrected chi connectivity index (χ2v) is 6.44. The number of fused-ring (bicyclic) bond motifs is 1. The Balaban J connectivity index is 1.46. The topological polar surface area (TPSA) is 76.4 Å². The quantitative estimate of drug-likeness (QED) is 0.637. The molecule has 0 amide bonds. The van der Waals surface area contributed by atoms with Crippen LogP contribution in [-0.4, -0.2) is 46.5 Å². The van der Waals surface area contributed by atoms with E-state index in [1.165, 1.54) is 5.56 Å². The SMILES string of the molecule is CN=C(NCC(C)Oc1cccc(C)c1)NC1CCc2ncnn2C1. The zero-order valence-electron chi connectivity index (χ0n) is 15.1. The van der Waals surface area contributed by atoms with Gasteiger partial charge in [-0.2, -0.15) is 5.10 Å². The molecule has 7 nitrogen and oxygen atoms in total. The van der Waals surface area contributed by atoms with Crippen molar-refractivity contribution in [3.8, 4) is 5.75 Å². The molecule has 0 saturated carbocycles. The van der Waals surface area contributed by atoms with Gasteiger partial charge in [0, 0.05) is 19.5 Å². The van der Waals surface area contributed by atoms with Crippen LogP contribution in [0.1, 0.15) is 24.7 Å². The number of rotatable bonds is 5. The highest BCUT2D eigenvalue weighted by molar-refractivity contribution is 5.80. The minimum atomic E-state index is 0.0358. The van der Waals surface area contributed by atoms with Crippen LogP contribution >= 0.6 is 0 Å². The molecule has 2 heterocycles. The predicted octanol–water partition coefficient (Wildman–Crippen LogP) is 1.53. The van der Waals surface area contributed by atoms with Crippen molar-refractivity contribution in [1.82, 2.24) is 25.4 Å². The van der Waals surface area contributed by atoms with E-state index in [4.69, 9.17) is 4.74 Å². The van der Waals surface area contributed by atoms with E-state index in [0.29, 0.717) is 12.6 Å². The van der Waals surface area contributed by atoms with E-state index in [1.54, 1.807) is 13.4 Å². The Morgan fingerprint density at radius 2 is 2.36 bits per heavy atom. The van der Waals surface area contributed by atoms with Crippen molar-refractivity contribution < 1.29 is 4.74 Å². The lowest BCUT2D eigenvalue weighted by atomic mass is 10.1. The molecule has 1 aliphatic heterocycles. The molecule has 2 aromatic rings. The minimum absolute atomic E-state index is 0.0358. The average molecular weight is 342 g/mol. The first-order valence-electron chi connectivity index (χ1n) is 8.71. The van der Waals surface area contributed by atoms with Crippen molar-refractivity contribution >= 4 is 5.96 Å². The maximum Gasteiger partial charge on any atom is 0.191 e. The zero-order chi connectivity index (χ0) is 17.6. The van der Waals surface area contributed by atoms with Gasteiger partial charge in [0.1, 0.15) is 24.0 Å². The first-order chi connectivity index (χ1) is 12.1. The molecular weight excluding hydrogens is 316 g/mol. The molecule has 1 aromatic carbocycles. The summed E-state index contributed by atoms with van der Waals surface area (Å²) in [5, 5.41) is 11.1. The van der Waals surface area contributed by atoms with E-state index in [2.05, 4.69) is 38.7 Å². The molecule has 3 rings (SSSR count). The van der Waals surface area contributed by atoms with Gasteiger partial charge < -0.3 is 15.4 Å². The molecule has 134 valence electrons. The smallest absolute Gasteiger partial charge is 0.191 e. The summed E-state index contributed by atoms with van der Waals surface area (Å²) in [4.78, 5) is 8.57. The molecule has 0 bridgehead atoms. The molecule has 2 N–H and O–H groups in total. The van der Waals surface area contributed by atoms with E-state index in [-0.39, 0.29) is 6.10 Å². The van der Waals surface area contributed by atoms with Gasteiger partial charge in [0.05, 0.1) is 13.1 Å². The fourth-order valence-corrected chi connectivity index (χ4v) is 2.95. The summed E-state index contributed by atoms with van der Waals surface area (Å²) in [7, 11) is 1.78. The molecule has 2 atom stereocenters. The molecule has 0 spiro atoms. The monoisotopic (exact) mass is 342 g/mol. The second-order valence-electron chi connectivity index (χ2n) is 6.44. The fourth-order valence-electron chi connectivity index (χ4n) is 2.95. The molecular formula is C18H26N6O. The Bertz CT molecular complexity index is 726. The van der Waals surface area contributed by atoms with Crippen molar-refractivity contribution in [1.29, 1.82) is 0 Å². The number of hydrogen-bond acceptors (Lipinski definition) is 4. The van der Waals surface area contributed by atoms with E-state index in [1.807, 2.05) is 29.8 Å². The summed E-state index contributed by atoms with van der Waals surface area (Å²) in [5.41, 5.74) is 1.19. The molecule has 1 aliphatic rings. The Morgan fingerprint density at radius 1 is 1.48 bits per heavy atom. The molecule has 0 saturated heterocycles. The Hall–Kier alpha value is -2.57. The van der Waals surface area contributed by atoms with E-state index >= 15 is 0 Å². The lowest BCUT2D eigenvalue weighted by Crippen LogP contribution is -2.48. The predicted molar refractivity (Wildman–Crippen MR) is 97.9 cm³/mol. The van der Waals surface area contributed by atoms with Crippen LogP contribution < -0.4 is 15.4 Å². The van der Waals surface area contributed by atoms with Crippen LogP contribution in [0, 0.1) is 6.92 Å². The van der Waals surface area contributed by atoms with Gasteiger partial charge in [-0.25, -0.2) is 9.67 Å². The van der Waals surface area contributed by atoms with Crippen LogP contribution in [0.15, 0.2) is 35.6 Å². The standard InChI is InChI=1S/C18H26N6O/c1-13-5-4-6-16(9-13)25-14(2)10-20-18(19-3)23-15-7-8-17-21-12-22-24(17)11-15/h4-6,9,12,14-15H,7-8,10-11H2,1-3H3,(H2,19,20,23). The largest absolute Gasteiger partial charge is 0.489 e. The van der Waals surface area contributed by atoms with Crippen LogP contribution in [0.2, 0.25) is 0 Å². The number of aryl methyl sites for hydroxylation is 2. The van der Waals surface area contributed by atoms with Crippen LogP contribution in [0.3, 0.4) is 0 Å². The molecule has 0 aliphatic carbocycles. The highest BCUT2D eigenvalue weighted by Gasteiger charge is 2.20. The lowest BCUT2D eigenvalue weighted by molar-refractivity contribution is 0.223. The summed E-state index contributed by atoms with van der Waals surface area (Å²) in [6.45, 7) is 5.59. The number of aliphatic imine (C=N–C) groups is 1. The summed E-state index contributed by atoms with van der Waals surface area (Å²) in [5.74, 6) is 2.73. The Kier molecular flexibility index (Phi) is 5.53. The maximum absolute atomic E-state index is 5.95. The third-order valence-corrected chi connectivity index (χ3v) is 4.25. The van der Waals surface area contributed by atoms with Gasteiger partial charge in [-0.05, 0) is 38.0 Å². The van der Waals surface area contributed by atoms with Gasteiger partial charge in [0.25, 0.3) is 0 Å². The Morgan fingerprint density at radius 3 is 3.16 bits per heavy atom. The molecule has 0 fully saturated rings. The van der Waals surface area contributed by atoms with E-state index < -0.39 is 0 Å². The number of nitrogens with one attached hydrogen (secondary N) is 2. The number of guanidine groups is 1. The highest BCUT2D eigenvalue weighted by atomic mass is 16.5. The number of hydrogen-bond donors (Lipinski definition) is 2. The van der Waals surface area contributed by atoms with Crippen molar-refractivity contribution in [2.24, 2.45) is 4.99 Å². The minimum Gasteiger partial charge on any atom is -0.489 e. The summed E-state index contributed by atoms with van der Waals surface area (Å²) in [6.07, 6.45) is 3.61. The van der Waals surface area contributed by atoms with Crippen LogP contribution in [-0.2, 0) is 13.0 Å². The van der Waals surface area contributed by atoms with Gasteiger partial charge in [0.2, 0.25) is 0 Å². The van der Waals surface area contributed by atoms with E-state index in [9.17, 15) is 0 Å². The van der Waals surface area contributed by atoms with Crippen molar-refractivity contribution in [2.75, 3.05) is 13.6 Å². The van der Waals surface area contributed by atoms with Gasteiger partial charge in [-0.1, -0.05) is 12.1 Å². The van der Waals surface area contributed by atoms with Crippen LogP contribution in [0.5, 0.6) is 5.75 Å². The molecule has 1 aromatic heterocycles. The number of benzene rings is 1. The highest BCUT2D eigenvalue weighted by Crippen LogP contribution is 2.14. The lowest BCUT2D eigenvalue weighted by Gasteiger charge is -2.26. The maximum atomic E-state index is 5.95. The molecule has 0 radical (unpaired) electrons. The van der Waals surface area contributed by atoms with Gasteiger partial charge >= 0.3 is 0 Å². The first kappa shape index (κ1) is 17.3. The van der Waals surface area contributed by atoms with Crippen molar-refractivity contribution in [2.45, 2.75) is 45.4 Å². The first-order valence-corrected chi connectivity index (χ1v) is 8.71. The summed E-state index contributed by atoms with van der Waals surface area (Å²) < 4.78 is 7.90. The van der Waals surface area contributed by atoms with Crippen molar-refractivity contribution in [3.05, 3.63) is 42.0 Å². The van der Waals surface area contributed by atoms with Crippen LogP contribution in [0.4, 0.5) is 0 Å². The molecule has 2 unspecified atom stereocenters. The third-order valence-electron chi connectivity index (χ3n) is 4.25. The number of ether oxygens (including phenoxy) is 1. The van der Waals surface area contributed by atoms with E-state index in [0.717, 1.165) is 36.9 Å². The summed E-state index contributed by atoms with van der Waals surface area (Å²) in [6, 6.07) is 8.39. The molecule has 25 heavy (non-hydrogen) atoms. The van der Waals surface area contributed by atoms with Gasteiger partial charge in [0.15, 0.2) is 5.96 Å². The number of aromatic nitrogens is 3. The van der Waals surface area contributed by atoms with Crippen molar-refractivity contribution in [3.63, 3.8) is 0 Å². The van der Waals surface area contributed by atoms with Crippen LogP contribution in [0.25, 0.3) is 0 Å². The average Bonchev–Trinajstić information content (AvgIpc) is 3.06. The third kappa shape index (κ3) is 4.71.